The standard InChI is InChI=1S/C28H30N2O2S/c31-27(29-26-9-5-2-6-10-26)21-33-20-24-11-13-25(14-12-24)28(32)30-17-15-23(16-18-30)19-22-7-3-1-4-8-22/h1-14,23H,15-21H2,(H,29,31). The molecule has 1 aliphatic heterocycles. The Kier molecular flexibility index (Phi) is 8.20. The molecule has 3 aromatic rings. The second-order valence-corrected chi connectivity index (χ2v) is 9.51. The summed E-state index contributed by atoms with van der Waals surface area (Å²) in [4.78, 5) is 27.0. The monoisotopic (exact) mass is 458 g/mol. The summed E-state index contributed by atoms with van der Waals surface area (Å²) in [6.45, 7) is 1.65. The van der Waals surface area contributed by atoms with Crippen molar-refractivity contribution < 1.29 is 9.59 Å². The predicted molar refractivity (Wildman–Crippen MR) is 136 cm³/mol. The fraction of sp³-hybridized carbons (Fsp3) is 0.286. The number of anilines is 1. The highest BCUT2D eigenvalue weighted by atomic mass is 32.2. The molecule has 1 fully saturated rings. The average Bonchev–Trinajstić information content (AvgIpc) is 2.86. The molecule has 0 saturated carbocycles. The van der Waals surface area contributed by atoms with Crippen LogP contribution in [0.3, 0.4) is 0 Å². The lowest BCUT2D eigenvalue weighted by molar-refractivity contribution is -0.113. The highest BCUT2D eigenvalue weighted by molar-refractivity contribution is 7.99. The average molecular weight is 459 g/mol. The quantitative estimate of drug-likeness (QED) is 0.474. The van der Waals surface area contributed by atoms with Crippen LogP contribution in [0.2, 0.25) is 0 Å². The number of piperidine rings is 1. The summed E-state index contributed by atoms with van der Waals surface area (Å²) < 4.78 is 0. The number of likely N-dealkylation sites (tertiary alicyclic amines) is 1. The Morgan fingerprint density at radius 2 is 1.45 bits per heavy atom. The van der Waals surface area contributed by atoms with Gasteiger partial charge in [0.25, 0.3) is 5.91 Å². The number of hydrogen-bond donors (Lipinski definition) is 1. The van der Waals surface area contributed by atoms with Gasteiger partial charge >= 0.3 is 0 Å². The molecule has 0 spiro atoms. The zero-order valence-corrected chi connectivity index (χ0v) is 19.6. The van der Waals surface area contributed by atoms with Crippen LogP contribution in [0.4, 0.5) is 5.69 Å². The third kappa shape index (κ3) is 6.96. The largest absolute Gasteiger partial charge is 0.339 e. The van der Waals surface area contributed by atoms with Crippen molar-refractivity contribution in [3.63, 3.8) is 0 Å². The number of nitrogens with zero attached hydrogens (tertiary/aromatic N) is 1. The first-order valence-corrected chi connectivity index (χ1v) is 12.7. The van der Waals surface area contributed by atoms with E-state index in [-0.39, 0.29) is 11.8 Å². The van der Waals surface area contributed by atoms with Gasteiger partial charge in [-0.1, -0.05) is 60.7 Å². The summed E-state index contributed by atoms with van der Waals surface area (Å²) in [6.07, 6.45) is 3.21. The third-order valence-corrected chi connectivity index (χ3v) is 7.03. The van der Waals surface area contributed by atoms with Gasteiger partial charge in [-0.25, -0.2) is 0 Å². The SMILES string of the molecule is O=C(CSCc1ccc(C(=O)N2CCC(Cc3ccccc3)CC2)cc1)Nc1ccccc1. The smallest absolute Gasteiger partial charge is 0.253 e. The number of para-hydroxylation sites is 1. The first-order chi connectivity index (χ1) is 16.2. The molecule has 0 aromatic heterocycles. The Labute approximate surface area is 200 Å². The van der Waals surface area contributed by atoms with Crippen LogP contribution in [-0.4, -0.2) is 35.6 Å². The molecule has 2 amide bonds. The molecule has 0 aliphatic carbocycles. The van der Waals surface area contributed by atoms with Crippen LogP contribution in [0.25, 0.3) is 0 Å². The molecule has 0 bridgehead atoms. The molecule has 1 heterocycles. The van der Waals surface area contributed by atoms with Crippen molar-refractivity contribution in [3.05, 3.63) is 102 Å². The van der Waals surface area contributed by atoms with Crippen LogP contribution in [-0.2, 0) is 17.0 Å². The highest BCUT2D eigenvalue weighted by Crippen LogP contribution is 2.23. The maximum absolute atomic E-state index is 12.9. The summed E-state index contributed by atoms with van der Waals surface area (Å²) in [5.74, 6) is 1.90. The molecule has 33 heavy (non-hydrogen) atoms. The Hall–Kier alpha value is -3.05. The van der Waals surface area contributed by atoms with Crippen LogP contribution < -0.4 is 5.32 Å². The van der Waals surface area contributed by atoms with Crippen LogP contribution in [0, 0.1) is 5.92 Å². The predicted octanol–water partition coefficient (Wildman–Crippen LogP) is 5.65. The van der Waals surface area contributed by atoms with Crippen molar-refractivity contribution in [2.24, 2.45) is 5.92 Å². The van der Waals surface area contributed by atoms with Gasteiger partial charge in [0.2, 0.25) is 5.91 Å². The van der Waals surface area contributed by atoms with Gasteiger partial charge in [-0.15, -0.1) is 11.8 Å². The van der Waals surface area contributed by atoms with Gasteiger partial charge in [-0.2, -0.15) is 0 Å². The zero-order chi connectivity index (χ0) is 22.9. The second kappa shape index (κ2) is 11.7. The lowest BCUT2D eigenvalue weighted by Crippen LogP contribution is -2.38. The summed E-state index contributed by atoms with van der Waals surface area (Å²) >= 11 is 1.57. The van der Waals surface area contributed by atoms with Crippen molar-refractivity contribution in [1.29, 1.82) is 0 Å². The van der Waals surface area contributed by atoms with E-state index in [0.717, 1.165) is 54.9 Å². The maximum Gasteiger partial charge on any atom is 0.253 e. The first kappa shape index (κ1) is 23.1. The number of carbonyl (C=O) groups excluding carboxylic acids is 2. The molecule has 4 rings (SSSR count). The van der Waals surface area contributed by atoms with Crippen molar-refractivity contribution in [1.82, 2.24) is 4.90 Å². The Balaban J connectivity index is 1.19. The van der Waals surface area contributed by atoms with E-state index in [1.165, 1.54) is 5.56 Å². The Morgan fingerprint density at radius 1 is 0.818 bits per heavy atom. The lowest BCUT2D eigenvalue weighted by atomic mass is 9.90. The van der Waals surface area contributed by atoms with E-state index < -0.39 is 0 Å². The molecule has 3 aromatic carbocycles. The van der Waals surface area contributed by atoms with Gasteiger partial charge in [0.05, 0.1) is 5.75 Å². The minimum absolute atomic E-state index is 0.00587. The van der Waals surface area contributed by atoms with Gasteiger partial charge in [-0.3, -0.25) is 9.59 Å². The van der Waals surface area contributed by atoms with E-state index in [1.807, 2.05) is 59.5 Å². The fourth-order valence-corrected chi connectivity index (χ4v) is 4.98. The van der Waals surface area contributed by atoms with E-state index in [0.29, 0.717) is 11.7 Å². The summed E-state index contributed by atoms with van der Waals surface area (Å²) in [6, 6.07) is 27.9. The summed E-state index contributed by atoms with van der Waals surface area (Å²) in [5, 5.41) is 2.90. The molecular weight excluding hydrogens is 428 g/mol. The normalized spacial score (nSPS) is 14.1. The number of hydrogen-bond acceptors (Lipinski definition) is 3. The number of amides is 2. The second-order valence-electron chi connectivity index (χ2n) is 8.53. The summed E-state index contributed by atoms with van der Waals surface area (Å²) in [7, 11) is 0. The van der Waals surface area contributed by atoms with E-state index in [1.54, 1.807) is 11.8 Å². The van der Waals surface area contributed by atoms with Crippen molar-refractivity contribution in [3.8, 4) is 0 Å². The van der Waals surface area contributed by atoms with E-state index >= 15 is 0 Å². The molecule has 1 saturated heterocycles. The molecular formula is C28H30N2O2S. The zero-order valence-electron chi connectivity index (χ0n) is 18.8. The topological polar surface area (TPSA) is 49.4 Å². The number of nitrogens with one attached hydrogen (secondary N) is 1. The number of thioether (sulfide) groups is 1. The Morgan fingerprint density at radius 3 is 2.12 bits per heavy atom. The minimum atomic E-state index is -0.00587. The number of carbonyl (C=O) groups is 2. The van der Waals surface area contributed by atoms with Crippen LogP contribution in [0.5, 0.6) is 0 Å². The van der Waals surface area contributed by atoms with Gasteiger partial charge in [0, 0.05) is 30.1 Å². The first-order valence-electron chi connectivity index (χ1n) is 11.5. The van der Waals surface area contributed by atoms with Crippen molar-refractivity contribution in [2.45, 2.75) is 25.0 Å². The van der Waals surface area contributed by atoms with Gasteiger partial charge < -0.3 is 10.2 Å². The molecule has 1 aliphatic rings. The van der Waals surface area contributed by atoms with Gasteiger partial charge in [0.1, 0.15) is 0 Å². The molecule has 5 heteroatoms. The molecule has 170 valence electrons. The van der Waals surface area contributed by atoms with Gasteiger partial charge in [-0.05, 0) is 60.6 Å². The van der Waals surface area contributed by atoms with Crippen LogP contribution in [0.1, 0.15) is 34.3 Å². The van der Waals surface area contributed by atoms with E-state index in [4.69, 9.17) is 0 Å². The van der Waals surface area contributed by atoms with Crippen molar-refractivity contribution >= 4 is 29.3 Å². The fourth-order valence-electron chi connectivity index (χ4n) is 4.19. The number of rotatable bonds is 8. The molecule has 0 atom stereocenters. The molecule has 0 radical (unpaired) electrons. The van der Waals surface area contributed by atoms with Gasteiger partial charge in [0.15, 0.2) is 0 Å². The van der Waals surface area contributed by atoms with Crippen molar-refractivity contribution in [2.75, 3.05) is 24.2 Å². The number of benzene rings is 3. The maximum atomic E-state index is 12.9. The minimum Gasteiger partial charge on any atom is -0.339 e. The van der Waals surface area contributed by atoms with E-state index in [9.17, 15) is 9.59 Å². The molecule has 4 nitrogen and oxygen atoms in total. The molecule has 1 N–H and O–H groups in total. The highest BCUT2D eigenvalue weighted by Gasteiger charge is 2.23. The lowest BCUT2D eigenvalue weighted by Gasteiger charge is -2.32. The van der Waals surface area contributed by atoms with E-state index in [2.05, 4.69) is 35.6 Å². The van der Waals surface area contributed by atoms with Crippen LogP contribution >= 0.6 is 11.8 Å². The molecule has 0 unspecified atom stereocenters. The third-order valence-electron chi connectivity index (χ3n) is 6.03. The van der Waals surface area contributed by atoms with Crippen LogP contribution in [0.15, 0.2) is 84.9 Å². The Bertz CT molecular complexity index is 1030. The summed E-state index contributed by atoms with van der Waals surface area (Å²) in [5.41, 5.74) is 4.06.